The number of H-pyrrole nitrogens is 1. The van der Waals surface area contributed by atoms with Crippen LogP contribution in [0.2, 0.25) is 0 Å². The van der Waals surface area contributed by atoms with Crippen molar-refractivity contribution in [3.8, 4) is 0 Å². The molecule has 0 spiro atoms. The fourth-order valence-corrected chi connectivity index (χ4v) is 3.72. The number of nitrogens with one attached hydrogen (secondary N) is 2. The first-order chi connectivity index (χ1) is 12.3. The van der Waals surface area contributed by atoms with E-state index in [0.29, 0.717) is 13.1 Å². The normalized spacial score (nSPS) is 14.4. The smallest absolute Gasteiger partial charge is 0.306 e. The molecule has 1 fully saturated rings. The second-order valence-corrected chi connectivity index (χ2v) is 7.46. The molecule has 2 heterocycles. The van der Waals surface area contributed by atoms with E-state index in [-0.39, 0.29) is 22.2 Å². The van der Waals surface area contributed by atoms with E-state index < -0.39 is 26.5 Å². The molecule has 1 aromatic carbocycles. The minimum atomic E-state index is -4.10. The summed E-state index contributed by atoms with van der Waals surface area (Å²) in [4.78, 5) is 26.1. The van der Waals surface area contributed by atoms with Crippen molar-refractivity contribution in [2.75, 3.05) is 17.8 Å². The van der Waals surface area contributed by atoms with E-state index in [1.54, 1.807) is 4.90 Å². The van der Waals surface area contributed by atoms with Gasteiger partial charge in [0.2, 0.25) is 5.82 Å². The Kier molecular flexibility index (Phi) is 4.64. The van der Waals surface area contributed by atoms with E-state index in [1.165, 1.54) is 6.07 Å². The molecule has 0 atom stereocenters. The minimum Gasteiger partial charge on any atom is -0.356 e. The summed E-state index contributed by atoms with van der Waals surface area (Å²) in [5.74, 6) is -1.36. The first-order valence-electron chi connectivity index (χ1n) is 7.72. The highest BCUT2D eigenvalue weighted by molar-refractivity contribution is 7.92. The number of anilines is 1. The SMILES string of the molecule is O=C(c1cc(S(=O)(=O)Nc2ccc(F)c([N+](=O)[O-])c2)c[nH]1)N1CCCC1. The van der Waals surface area contributed by atoms with Crippen LogP contribution in [0.5, 0.6) is 0 Å². The Morgan fingerprint density at radius 3 is 2.62 bits per heavy atom. The van der Waals surface area contributed by atoms with Gasteiger partial charge in [0.25, 0.3) is 15.9 Å². The zero-order valence-corrected chi connectivity index (χ0v) is 14.3. The molecule has 2 N–H and O–H groups in total. The number of amides is 1. The van der Waals surface area contributed by atoms with Crippen molar-refractivity contribution in [3.63, 3.8) is 0 Å². The lowest BCUT2D eigenvalue weighted by molar-refractivity contribution is -0.387. The number of nitro groups is 1. The van der Waals surface area contributed by atoms with Gasteiger partial charge in [0.1, 0.15) is 10.6 Å². The molecule has 2 aromatic rings. The van der Waals surface area contributed by atoms with Gasteiger partial charge in [-0.05, 0) is 31.0 Å². The molecule has 9 nitrogen and oxygen atoms in total. The van der Waals surface area contributed by atoms with Crippen molar-refractivity contribution in [3.05, 3.63) is 52.1 Å². The summed E-state index contributed by atoms with van der Waals surface area (Å²) in [5.41, 5.74) is -0.867. The number of halogens is 1. The molecule has 26 heavy (non-hydrogen) atoms. The molecule has 1 amide bonds. The van der Waals surface area contributed by atoms with Crippen LogP contribution in [0.25, 0.3) is 0 Å². The molecule has 1 saturated heterocycles. The molecule has 0 bridgehead atoms. The minimum absolute atomic E-state index is 0.136. The quantitative estimate of drug-likeness (QED) is 0.605. The molecular weight excluding hydrogens is 367 g/mol. The van der Waals surface area contributed by atoms with Crippen LogP contribution in [-0.2, 0) is 10.0 Å². The fourth-order valence-electron chi connectivity index (χ4n) is 2.67. The number of rotatable bonds is 5. The van der Waals surface area contributed by atoms with Gasteiger partial charge in [0.05, 0.1) is 10.6 Å². The zero-order chi connectivity index (χ0) is 18.9. The van der Waals surface area contributed by atoms with Crippen molar-refractivity contribution < 1.29 is 22.5 Å². The molecule has 138 valence electrons. The topological polar surface area (TPSA) is 125 Å². The Hall–Kier alpha value is -2.95. The maximum Gasteiger partial charge on any atom is 0.306 e. The van der Waals surface area contributed by atoms with Crippen LogP contribution in [0.1, 0.15) is 23.3 Å². The van der Waals surface area contributed by atoms with Gasteiger partial charge in [-0.2, -0.15) is 4.39 Å². The predicted molar refractivity (Wildman–Crippen MR) is 89.8 cm³/mol. The number of aromatic nitrogens is 1. The molecule has 1 aromatic heterocycles. The largest absolute Gasteiger partial charge is 0.356 e. The molecule has 0 radical (unpaired) electrons. The Morgan fingerprint density at radius 1 is 1.27 bits per heavy atom. The molecule has 0 unspecified atom stereocenters. The summed E-state index contributed by atoms with van der Waals surface area (Å²) in [6.07, 6.45) is 2.97. The van der Waals surface area contributed by atoms with Crippen molar-refractivity contribution >= 4 is 27.3 Å². The number of benzene rings is 1. The molecule has 0 aliphatic carbocycles. The molecule has 3 rings (SSSR count). The van der Waals surface area contributed by atoms with Crippen LogP contribution in [0.15, 0.2) is 35.4 Å². The third-order valence-corrected chi connectivity index (χ3v) is 5.35. The summed E-state index contributed by atoms with van der Waals surface area (Å²) in [6.45, 7) is 1.24. The Bertz CT molecular complexity index is 966. The first kappa shape index (κ1) is 17.9. The number of carbonyl (C=O) groups excluding carboxylic acids is 1. The Labute approximate surface area is 148 Å². The summed E-state index contributed by atoms with van der Waals surface area (Å²) < 4.78 is 40.3. The molecule has 1 aliphatic heterocycles. The van der Waals surface area contributed by atoms with Gasteiger partial charge < -0.3 is 9.88 Å². The number of carbonyl (C=O) groups is 1. The van der Waals surface area contributed by atoms with Crippen molar-refractivity contribution in [2.45, 2.75) is 17.7 Å². The van der Waals surface area contributed by atoms with Crippen LogP contribution in [-0.4, -0.2) is 42.2 Å². The number of nitrogens with zero attached hydrogens (tertiary/aromatic N) is 2. The fraction of sp³-hybridized carbons (Fsp3) is 0.267. The molecule has 0 saturated carbocycles. The van der Waals surface area contributed by atoms with E-state index in [9.17, 15) is 27.7 Å². The Balaban J connectivity index is 1.82. The van der Waals surface area contributed by atoms with Crippen LogP contribution in [0, 0.1) is 15.9 Å². The maximum atomic E-state index is 13.4. The third kappa shape index (κ3) is 3.52. The lowest BCUT2D eigenvalue weighted by atomic mass is 10.3. The van der Waals surface area contributed by atoms with Crippen LogP contribution in [0.3, 0.4) is 0 Å². The summed E-state index contributed by atoms with van der Waals surface area (Å²) in [7, 11) is -4.10. The van der Waals surface area contributed by atoms with Gasteiger partial charge in [-0.3, -0.25) is 19.6 Å². The second kappa shape index (κ2) is 6.75. The van der Waals surface area contributed by atoms with Gasteiger partial charge in [0.15, 0.2) is 0 Å². The first-order valence-corrected chi connectivity index (χ1v) is 9.21. The van der Waals surface area contributed by atoms with Crippen LogP contribution >= 0.6 is 0 Å². The number of likely N-dealkylation sites (tertiary alicyclic amines) is 1. The highest BCUT2D eigenvalue weighted by Gasteiger charge is 2.24. The second-order valence-electron chi connectivity index (χ2n) is 5.78. The number of nitro benzene ring substituents is 1. The number of hydrogen-bond acceptors (Lipinski definition) is 5. The zero-order valence-electron chi connectivity index (χ0n) is 13.4. The highest BCUT2D eigenvalue weighted by atomic mass is 32.2. The van der Waals surface area contributed by atoms with Gasteiger partial charge in [-0.1, -0.05) is 0 Å². The summed E-state index contributed by atoms with van der Waals surface area (Å²) in [6, 6.07) is 3.86. The lowest BCUT2D eigenvalue weighted by Crippen LogP contribution is -2.27. The van der Waals surface area contributed by atoms with E-state index in [2.05, 4.69) is 9.71 Å². The van der Waals surface area contributed by atoms with E-state index in [1.807, 2.05) is 0 Å². The maximum absolute atomic E-state index is 13.4. The average molecular weight is 382 g/mol. The van der Waals surface area contributed by atoms with Gasteiger partial charge in [-0.15, -0.1) is 0 Å². The van der Waals surface area contributed by atoms with E-state index in [4.69, 9.17) is 0 Å². The number of hydrogen-bond donors (Lipinski definition) is 2. The summed E-state index contributed by atoms with van der Waals surface area (Å²) in [5, 5.41) is 10.8. The predicted octanol–water partition coefficient (Wildman–Crippen LogP) is 2.10. The van der Waals surface area contributed by atoms with Gasteiger partial charge in [-0.25, -0.2) is 8.42 Å². The number of aromatic amines is 1. The van der Waals surface area contributed by atoms with Gasteiger partial charge >= 0.3 is 5.69 Å². The van der Waals surface area contributed by atoms with Crippen molar-refractivity contribution in [1.29, 1.82) is 0 Å². The van der Waals surface area contributed by atoms with E-state index in [0.717, 1.165) is 37.2 Å². The van der Waals surface area contributed by atoms with Gasteiger partial charge in [0, 0.05) is 25.4 Å². The molecule has 11 heteroatoms. The van der Waals surface area contributed by atoms with Crippen LogP contribution < -0.4 is 4.72 Å². The number of sulfonamides is 1. The highest BCUT2D eigenvalue weighted by Crippen LogP contribution is 2.24. The Morgan fingerprint density at radius 2 is 1.96 bits per heavy atom. The molecular formula is C15H15FN4O5S. The van der Waals surface area contributed by atoms with E-state index >= 15 is 0 Å². The van der Waals surface area contributed by atoms with Crippen LogP contribution in [0.4, 0.5) is 15.8 Å². The average Bonchev–Trinajstić information content (AvgIpc) is 3.27. The lowest BCUT2D eigenvalue weighted by Gasteiger charge is -2.13. The van der Waals surface area contributed by atoms with Crippen molar-refractivity contribution in [2.24, 2.45) is 0 Å². The third-order valence-electron chi connectivity index (χ3n) is 3.99. The monoisotopic (exact) mass is 382 g/mol. The van der Waals surface area contributed by atoms with Crippen molar-refractivity contribution in [1.82, 2.24) is 9.88 Å². The summed E-state index contributed by atoms with van der Waals surface area (Å²) >= 11 is 0. The standard InChI is InChI=1S/C15H15FN4O5S/c16-12-4-3-10(7-14(12)20(22)23)18-26(24,25)11-8-13(17-9-11)15(21)19-5-1-2-6-19/h3-4,7-9,17-18H,1-2,5-6H2. The molecule has 1 aliphatic rings.